The van der Waals surface area contributed by atoms with E-state index < -0.39 is 0 Å². The Morgan fingerprint density at radius 1 is 1.50 bits per heavy atom. The van der Waals surface area contributed by atoms with Gasteiger partial charge in [0.2, 0.25) is 0 Å². The van der Waals surface area contributed by atoms with Crippen LogP contribution >= 0.6 is 15.9 Å². The fourth-order valence-corrected chi connectivity index (χ4v) is 3.69. The molecule has 2 unspecified atom stereocenters. The van der Waals surface area contributed by atoms with E-state index in [1.165, 1.54) is 5.56 Å². The van der Waals surface area contributed by atoms with Gasteiger partial charge in [0.1, 0.15) is 5.75 Å². The highest BCUT2D eigenvalue weighted by molar-refractivity contribution is 9.10. The quantitative estimate of drug-likeness (QED) is 0.932. The number of benzene rings is 1. The highest BCUT2D eigenvalue weighted by atomic mass is 79.9. The third-order valence-corrected chi connectivity index (χ3v) is 4.67. The second-order valence-electron chi connectivity index (χ2n) is 5.11. The molecule has 3 nitrogen and oxygen atoms in total. The van der Waals surface area contributed by atoms with Crippen molar-refractivity contribution in [3.8, 4) is 5.75 Å². The highest BCUT2D eigenvalue weighted by Gasteiger charge is 2.31. The van der Waals surface area contributed by atoms with Gasteiger partial charge in [0, 0.05) is 12.6 Å². The Kier molecular flexibility index (Phi) is 4.30. The van der Waals surface area contributed by atoms with Gasteiger partial charge in [-0.25, -0.2) is 0 Å². The first kappa shape index (κ1) is 13.8. The monoisotopic (exact) mass is 312 g/mol. The van der Waals surface area contributed by atoms with Gasteiger partial charge in [-0.15, -0.1) is 0 Å². The number of likely N-dealkylation sites (tertiary alicyclic amines) is 1. The minimum atomic E-state index is 0.433. The van der Waals surface area contributed by atoms with E-state index in [4.69, 9.17) is 10.5 Å². The molecule has 0 bridgehead atoms. The number of hydrogen-bond acceptors (Lipinski definition) is 3. The molecule has 1 heterocycles. The molecule has 0 radical (unpaired) electrons. The molecule has 2 atom stereocenters. The summed E-state index contributed by atoms with van der Waals surface area (Å²) in [5.74, 6) is 1.54. The number of methoxy groups -OCH3 is 1. The third kappa shape index (κ3) is 2.42. The summed E-state index contributed by atoms with van der Waals surface area (Å²) in [6.07, 6.45) is 1.12. The summed E-state index contributed by atoms with van der Waals surface area (Å²) in [5, 5.41) is 0. The molecule has 1 fully saturated rings. The zero-order valence-corrected chi connectivity index (χ0v) is 12.8. The first-order valence-corrected chi connectivity index (χ1v) is 7.11. The number of rotatable bonds is 3. The van der Waals surface area contributed by atoms with Crippen LogP contribution in [0.2, 0.25) is 0 Å². The predicted molar refractivity (Wildman–Crippen MR) is 78.0 cm³/mol. The minimum absolute atomic E-state index is 0.433. The fourth-order valence-electron chi connectivity index (χ4n) is 2.82. The van der Waals surface area contributed by atoms with Gasteiger partial charge in [0.25, 0.3) is 0 Å². The van der Waals surface area contributed by atoms with Crippen molar-refractivity contribution < 1.29 is 4.74 Å². The molecule has 0 spiro atoms. The number of nitrogens with two attached hydrogens (primary N) is 1. The minimum Gasteiger partial charge on any atom is -0.495 e. The number of aryl methyl sites for hydroxylation is 1. The van der Waals surface area contributed by atoms with Gasteiger partial charge in [-0.1, -0.05) is 12.1 Å². The van der Waals surface area contributed by atoms with Gasteiger partial charge in [-0.3, -0.25) is 4.90 Å². The van der Waals surface area contributed by atoms with Crippen LogP contribution in [0.5, 0.6) is 5.75 Å². The number of ether oxygens (including phenoxy) is 1. The lowest BCUT2D eigenvalue weighted by atomic mass is 9.98. The third-order valence-electron chi connectivity index (χ3n) is 3.86. The fraction of sp³-hybridized carbons (Fsp3) is 0.571. The molecule has 100 valence electrons. The average Bonchev–Trinajstić information content (AvgIpc) is 2.71. The summed E-state index contributed by atoms with van der Waals surface area (Å²) in [5.41, 5.74) is 8.25. The maximum absolute atomic E-state index is 5.79. The lowest BCUT2D eigenvalue weighted by Crippen LogP contribution is -2.20. The smallest absolute Gasteiger partial charge is 0.136 e. The van der Waals surface area contributed by atoms with Gasteiger partial charge in [-0.2, -0.15) is 0 Å². The van der Waals surface area contributed by atoms with Crippen LogP contribution in [0, 0.1) is 12.8 Å². The standard InChI is InChI=1S/C14H21BrN2O/c1-9-4-5-11(13(15)14(9)18-3)12-6-10(7-16)8-17(12)2/h4-5,10,12H,6-8,16H2,1-3H3. The zero-order valence-electron chi connectivity index (χ0n) is 11.2. The van der Waals surface area contributed by atoms with Crippen molar-refractivity contribution >= 4 is 15.9 Å². The van der Waals surface area contributed by atoms with Crippen LogP contribution in [0.3, 0.4) is 0 Å². The van der Waals surface area contributed by atoms with E-state index in [1.54, 1.807) is 7.11 Å². The summed E-state index contributed by atoms with van der Waals surface area (Å²) in [6, 6.07) is 4.76. The molecule has 18 heavy (non-hydrogen) atoms. The largest absolute Gasteiger partial charge is 0.495 e. The number of nitrogens with zero attached hydrogens (tertiary/aromatic N) is 1. The van der Waals surface area contributed by atoms with Crippen molar-refractivity contribution in [2.24, 2.45) is 11.7 Å². The van der Waals surface area contributed by atoms with E-state index in [9.17, 15) is 0 Å². The van der Waals surface area contributed by atoms with Crippen LogP contribution in [0.25, 0.3) is 0 Å². The van der Waals surface area contributed by atoms with Crippen LogP contribution < -0.4 is 10.5 Å². The molecule has 1 aromatic carbocycles. The van der Waals surface area contributed by atoms with Crippen LogP contribution in [0.1, 0.15) is 23.6 Å². The first-order valence-electron chi connectivity index (χ1n) is 6.31. The Hall–Kier alpha value is -0.580. The Labute approximate surface area is 117 Å². The normalized spacial score (nSPS) is 24.5. The molecule has 2 N–H and O–H groups in total. The van der Waals surface area contributed by atoms with E-state index in [0.717, 1.165) is 35.3 Å². The van der Waals surface area contributed by atoms with Gasteiger partial charge in [-0.05, 0) is 59.9 Å². The summed E-state index contributed by atoms with van der Waals surface area (Å²) in [7, 11) is 3.89. The molecule has 4 heteroatoms. The zero-order chi connectivity index (χ0) is 13.3. The van der Waals surface area contributed by atoms with Crippen LogP contribution in [-0.4, -0.2) is 32.1 Å². The van der Waals surface area contributed by atoms with Crippen molar-refractivity contribution in [2.45, 2.75) is 19.4 Å². The molecular weight excluding hydrogens is 292 g/mol. The molecule has 0 aromatic heterocycles. The Bertz CT molecular complexity index is 436. The average molecular weight is 313 g/mol. The van der Waals surface area contributed by atoms with Gasteiger partial charge in [0.15, 0.2) is 0 Å². The SMILES string of the molecule is COc1c(C)ccc(C2CC(CN)CN2C)c1Br. The predicted octanol–water partition coefficient (Wildman–Crippen LogP) is 2.72. The number of hydrogen-bond donors (Lipinski definition) is 1. The summed E-state index contributed by atoms with van der Waals surface area (Å²) in [6.45, 7) is 3.90. The summed E-state index contributed by atoms with van der Waals surface area (Å²) >= 11 is 3.69. The first-order chi connectivity index (χ1) is 8.58. The van der Waals surface area contributed by atoms with Crippen LogP contribution in [0.15, 0.2) is 16.6 Å². The second-order valence-corrected chi connectivity index (χ2v) is 5.90. The van der Waals surface area contributed by atoms with Gasteiger partial charge >= 0.3 is 0 Å². The molecule has 1 aliphatic rings. The maximum Gasteiger partial charge on any atom is 0.136 e. The molecule has 1 aromatic rings. The molecule has 0 amide bonds. The van der Waals surface area contributed by atoms with E-state index in [0.29, 0.717) is 12.0 Å². The lowest BCUT2D eigenvalue weighted by Gasteiger charge is -2.22. The van der Waals surface area contributed by atoms with Crippen LogP contribution in [-0.2, 0) is 0 Å². The van der Waals surface area contributed by atoms with Crippen LogP contribution in [0.4, 0.5) is 0 Å². The van der Waals surface area contributed by atoms with Crippen molar-refractivity contribution in [2.75, 3.05) is 27.2 Å². The van der Waals surface area contributed by atoms with Crippen molar-refractivity contribution in [1.82, 2.24) is 4.90 Å². The van der Waals surface area contributed by atoms with Crippen molar-refractivity contribution in [1.29, 1.82) is 0 Å². The second kappa shape index (κ2) is 5.59. The Balaban J connectivity index is 2.34. The molecule has 2 rings (SSSR count). The maximum atomic E-state index is 5.79. The molecule has 0 saturated carbocycles. The van der Waals surface area contributed by atoms with Crippen molar-refractivity contribution in [3.63, 3.8) is 0 Å². The molecule has 0 aliphatic carbocycles. The molecule has 1 aliphatic heterocycles. The summed E-state index contributed by atoms with van der Waals surface area (Å²) < 4.78 is 6.56. The lowest BCUT2D eigenvalue weighted by molar-refractivity contribution is 0.311. The van der Waals surface area contributed by atoms with Gasteiger partial charge < -0.3 is 10.5 Å². The molecular formula is C14H21BrN2O. The molecule has 1 saturated heterocycles. The van der Waals surface area contributed by atoms with E-state index in [1.807, 2.05) is 0 Å². The van der Waals surface area contributed by atoms with E-state index >= 15 is 0 Å². The summed E-state index contributed by atoms with van der Waals surface area (Å²) in [4.78, 5) is 2.38. The van der Waals surface area contributed by atoms with Crippen molar-refractivity contribution in [3.05, 3.63) is 27.7 Å². The number of halogens is 1. The topological polar surface area (TPSA) is 38.5 Å². The van der Waals surface area contributed by atoms with E-state index in [-0.39, 0.29) is 0 Å². The van der Waals surface area contributed by atoms with Gasteiger partial charge in [0.05, 0.1) is 11.6 Å². The van der Waals surface area contributed by atoms with E-state index in [2.05, 4.69) is 46.9 Å². The highest BCUT2D eigenvalue weighted by Crippen LogP contribution is 2.41. The Morgan fingerprint density at radius 3 is 2.78 bits per heavy atom. The Morgan fingerprint density at radius 2 is 2.22 bits per heavy atom.